The first-order valence-corrected chi connectivity index (χ1v) is 14.7. The van der Waals surface area contributed by atoms with E-state index in [1.807, 2.05) is 30.3 Å². The lowest BCUT2D eigenvalue weighted by molar-refractivity contribution is -0.127. The molecule has 0 spiro atoms. The monoisotopic (exact) mass is 528 g/mol. The fraction of sp³-hybridized carbons (Fsp3) is 0.577. The molecule has 1 N–H and O–H groups in total. The highest BCUT2D eigenvalue weighted by Crippen LogP contribution is 2.42. The fourth-order valence-electron chi connectivity index (χ4n) is 5.42. The van der Waals surface area contributed by atoms with Crippen molar-refractivity contribution in [2.45, 2.75) is 50.8 Å². The van der Waals surface area contributed by atoms with Crippen molar-refractivity contribution in [2.75, 3.05) is 37.6 Å². The zero-order valence-corrected chi connectivity index (χ0v) is 22.5. The Balaban J connectivity index is 1.48. The van der Waals surface area contributed by atoms with Gasteiger partial charge in [-0.1, -0.05) is 37.1 Å². The van der Waals surface area contributed by atoms with E-state index >= 15 is 0 Å². The number of amides is 1. The molecule has 4 rings (SSSR count). The second-order valence-electron chi connectivity index (χ2n) is 9.87. The average Bonchev–Trinajstić information content (AvgIpc) is 3.38. The van der Waals surface area contributed by atoms with Crippen molar-refractivity contribution in [3.63, 3.8) is 0 Å². The molecule has 1 aliphatic heterocycles. The lowest BCUT2D eigenvalue weighted by Crippen LogP contribution is -2.48. The maximum Gasteiger partial charge on any atom is 0.224 e. The van der Waals surface area contributed by atoms with Gasteiger partial charge in [-0.3, -0.25) is 13.9 Å². The molecule has 1 aromatic carbocycles. The third-order valence-electron chi connectivity index (χ3n) is 7.44. The van der Waals surface area contributed by atoms with E-state index < -0.39 is 22.2 Å². The molecule has 194 valence electrons. The summed E-state index contributed by atoms with van der Waals surface area (Å²) in [4.78, 5) is 22.3. The molecular weight excluding hydrogens is 494 g/mol. The van der Waals surface area contributed by atoms with Crippen LogP contribution in [-0.2, 0) is 15.9 Å². The van der Waals surface area contributed by atoms with Crippen molar-refractivity contribution in [2.24, 2.45) is 11.8 Å². The number of piperazine rings is 1. The van der Waals surface area contributed by atoms with Gasteiger partial charge in [-0.15, -0.1) is 11.3 Å². The average molecular weight is 529 g/mol. The molecule has 0 radical (unpaired) electrons. The van der Waals surface area contributed by atoms with E-state index in [-0.39, 0.29) is 18.4 Å². The van der Waals surface area contributed by atoms with Crippen molar-refractivity contribution < 1.29 is 13.6 Å². The van der Waals surface area contributed by atoms with Gasteiger partial charge in [-0.2, -0.15) is 5.26 Å². The summed E-state index contributed by atoms with van der Waals surface area (Å²) in [6.45, 7) is 8.39. The lowest BCUT2D eigenvalue weighted by Gasteiger charge is -2.37. The van der Waals surface area contributed by atoms with E-state index in [4.69, 9.17) is 10.2 Å². The molecule has 4 atom stereocenters. The number of carbonyl (C=O) groups excluding carboxylic acids is 1. The summed E-state index contributed by atoms with van der Waals surface area (Å²) >= 11 is -0.732. The molecule has 2 aromatic rings. The smallest absolute Gasteiger partial charge is 0.224 e. The summed E-state index contributed by atoms with van der Waals surface area (Å²) in [6, 6.07) is 10.0. The van der Waals surface area contributed by atoms with Gasteiger partial charge in [-0.05, 0) is 49.3 Å². The fourth-order valence-corrected chi connectivity index (χ4v) is 7.30. The summed E-state index contributed by atoms with van der Waals surface area (Å²) in [5.41, 5.74) is 2.53. The summed E-state index contributed by atoms with van der Waals surface area (Å²) in [7, 11) is 0. The van der Waals surface area contributed by atoms with E-state index in [0.29, 0.717) is 24.4 Å². The molecule has 2 heterocycles. The number of benzene rings is 1. The largest absolute Gasteiger partial charge is 0.772 e. The Bertz CT molecular complexity index is 1090. The Kier molecular flexibility index (Phi) is 9.12. The molecule has 1 amide bonds. The van der Waals surface area contributed by atoms with Gasteiger partial charge >= 0.3 is 0 Å². The van der Waals surface area contributed by atoms with Gasteiger partial charge in [0.05, 0.1) is 17.0 Å². The van der Waals surface area contributed by atoms with E-state index in [0.717, 1.165) is 55.4 Å². The van der Waals surface area contributed by atoms with Crippen molar-refractivity contribution in [1.29, 1.82) is 5.26 Å². The van der Waals surface area contributed by atoms with E-state index in [9.17, 15) is 13.6 Å². The third-order valence-corrected chi connectivity index (χ3v) is 9.37. The van der Waals surface area contributed by atoms with Crippen molar-refractivity contribution in [3.05, 3.63) is 35.2 Å². The molecule has 0 bridgehead atoms. The van der Waals surface area contributed by atoms with Crippen LogP contribution in [-0.4, -0.2) is 63.3 Å². The predicted molar refractivity (Wildman–Crippen MR) is 142 cm³/mol. The highest BCUT2D eigenvalue weighted by molar-refractivity contribution is 7.79. The number of hydrogen-bond donors (Lipinski definition) is 1. The maximum absolute atomic E-state index is 12.7. The summed E-state index contributed by atoms with van der Waals surface area (Å²) in [5, 5.41) is 13.7. The molecule has 1 saturated heterocycles. The van der Waals surface area contributed by atoms with Gasteiger partial charge in [0.25, 0.3) is 0 Å². The van der Waals surface area contributed by atoms with Crippen LogP contribution in [0.1, 0.15) is 50.3 Å². The Morgan fingerprint density at radius 3 is 2.56 bits per heavy atom. The highest BCUT2D eigenvalue weighted by atomic mass is 32.2. The number of rotatable bonds is 8. The molecule has 4 unspecified atom stereocenters. The van der Waals surface area contributed by atoms with Gasteiger partial charge in [0, 0.05) is 49.1 Å². The van der Waals surface area contributed by atoms with Crippen LogP contribution >= 0.6 is 11.3 Å². The molecule has 10 heteroatoms. The summed E-state index contributed by atoms with van der Waals surface area (Å²) in [5.74, 6) is -0.943. The number of nitriles is 1. The number of nitrogens with zero attached hydrogens (tertiary/aromatic N) is 4. The molecule has 36 heavy (non-hydrogen) atoms. The minimum absolute atomic E-state index is 0.0646. The van der Waals surface area contributed by atoms with Crippen LogP contribution in [0.15, 0.2) is 29.6 Å². The van der Waals surface area contributed by atoms with Crippen LogP contribution < -0.4 is 10.2 Å². The molecular formula is C26H34N5O3S2-. The second kappa shape index (κ2) is 12.3. The number of aromatic nitrogens is 1. The van der Waals surface area contributed by atoms with Crippen LogP contribution in [0, 0.1) is 23.2 Å². The van der Waals surface area contributed by atoms with Crippen molar-refractivity contribution in [1.82, 2.24) is 15.2 Å². The van der Waals surface area contributed by atoms with Crippen LogP contribution in [0.3, 0.4) is 0 Å². The molecule has 1 aromatic heterocycles. The quantitative estimate of drug-likeness (QED) is 0.411. The summed E-state index contributed by atoms with van der Waals surface area (Å²) in [6.07, 6.45) is 3.09. The summed E-state index contributed by atoms with van der Waals surface area (Å²) < 4.78 is 24.8. The van der Waals surface area contributed by atoms with Gasteiger partial charge in [0.2, 0.25) is 5.91 Å². The highest BCUT2D eigenvalue weighted by Gasteiger charge is 2.37. The first-order chi connectivity index (χ1) is 17.4. The normalized spacial score (nSPS) is 22.7. The lowest BCUT2D eigenvalue weighted by atomic mass is 9.75. The van der Waals surface area contributed by atoms with Gasteiger partial charge in [0.15, 0.2) is 5.13 Å². The SMILES string of the molecule is CC(C)N1CCN(c2nc(-c3ccc(C(C4CCCCC4C(=O)NCC#N)S(=O)[O-])cc3)cs2)CC1. The van der Waals surface area contributed by atoms with Crippen molar-refractivity contribution >= 4 is 33.5 Å². The first-order valence-electron chi connectivity index (χ1n) is 12.7. The second-order valence-corrected chi connectivity index (χ2v) is 11.7. The number of hydrogen-bond acceptors (Lipinski definition) is 8. The predicted octanol–water partition coefficient (Wildman–Crippen LogP) is 3.71. The van der Waals surface area contributed by atoms with Gasteiger partial charge in [0.1, 0.15) is 6.54 Å². The van der Waals surface area contributed by atoms with Gasteiger partial charge < -0.3 is 14.8 Å². The Hall–Kier alpha value is -2.32. The van der Waals surface area contributed by atoms with Crippen LogP contribution in [0.2, 0.25) is 0 Å². The minimum atomic E-state index is -2.37. The number of thiazole rings is 1. The minimum Gasteiger partial charge on any atom is -0.772 e. The van der Waals surface area contributed by atoms with Gasteiger partial charge in [-0.25, -0.2) is 4.98 Å². The van der Waals surface area contributed by atoms with Crippen LogP contribution in [0.25, 0.3) is 11.3 Å². The number of anilines is 1. The molecule has 8 nitrogen and oxygen atoms in total. The molecule has 2 aliphatic rings. The topological polar surface area (TPSA) is 112 Å². The molecule has 1 saturated carbocycles. The molecule has 1 aliphatic carbocycles. The number of nitrogens with one attached hydrogen (secondary N) is 1. The van der Waals surface area contributed by atoms with E-state index in [1.54, 1.807) is 11.3 Å². The van der Waals surface area contributed by atoms with E-state index in [1.165, 1.54) is 0 Å². The zero-order valence-electron chi connectivity index (χ0n) is 20.9. The Morgan fingerprint density at radius 2 is 1.92 bits per heavy atom. The molecule has 2 fully saturated rings. The van der Waals surface area contributed by atoms with E-state index in [2.05, 4.69) is 34.3 Å². The first kappa shape index (κ1) is 26.7. The standard InChI is InChI=1S/C26H35N5O3S2/c1-18(2)30-13-15-31(16-14-30)26-29-23(17-35-26)19-7-9-20(10-8-19)24(36(33)34)21-5-3-4-6-22(21)25(32)28-12-11-27/h7-10,17-18,21-22,24H,3-6,12-16H2,1-2H3,(H,28,32)(H,33,34)/p-1. The third kappa shape index (κ3) is 6.14. The Morgan fingerprint density at radius 1 is 1.22 bits per heavy atom. The number of carbonyl (C=O) groups is 1. The maximum atomic E-state index is 12.7. The van der Waals surface area contributed by atoms with Crippen LogP contribution in [0.5, 0.6) is 0 Å². The van der Waals surface area contributed by atoms with Crippen LogP contribution in [0.4, 0.5) is 5.13 Å². The Labute approximate surface area is 220 Å². The zero-order chi connectivity index (χ0) is 25.7. The van der Waals surface area contributed by atoms with Crippen molar-refractivity contribution in [3.8, 4) is 17.3 Å².